The zero-order valence-electron chi connectivity index (χ0n) is 10.5. The summed E-state index contributed by atoms with van der Waals surface area (Å²) in [6, 6.07) is 9.81. The van der Waals surface area contributed by atoms with Crippen LogP contribution in [0.3, 0.4) is 0 Å². The van der Waals surface area contributed by atoms with Gasteiger partial charge in [0.2, 0.25) is 0 Å². The maximum atomic E-state index is 5.70. The van der Waals surface area contributed by atoms with Crippen LogP contribution in [0.25, 0.3) is 10.8 Å². The fourth-order valence-corrected chi connectivity index (χ4v) is 2.24. The van der Waals surface area contributed by atoms with E-state index >= 15 is 0 Å². The Morgan fingerprint density at radius 3 is 2.84 bits per heavy atom. The van der Waals surface area contributed by atoms with E-state index in [2.05, 4.69) is 26.8 Å². The molecule has 0 amide bonds. The van der Waals surface area contributed by atoms with Gasteiger partial charge in [-0.15, -0.1) is 5.10 Å². The Kier molecular flexibility index (Phi) is 2.94. The molecule has 0 aliphatic heterocycles. The van der Waals surface area contributed by atoms with Crippen molar-refractivity contribution in [3.8, 4) is 0 Å². The first-order valence-corrected chi connectivity index (χ1v) is 5.95. The maximum absolute atomic E-state index is 5.70. The van der Waals surface area contributed by atoms with E-state index in [1.54, 1.807) is 17.1 Å². The summed E-state index contributed by atoms with van der Waals surface area (Å²) in [5.41, 5.74) is 4.52. The highest BCUT2D eigenvalue weighted by atomic mass is 15.4. The van der Waals surface area contributed by atoms with Gasteiger partial charge in [0, 0.05) is 18.6 Å². The standard InChI is InChI=1S/C13H14N6/c1-19-11(8-16-18-19)13(17-14)12-10-5-3-2-4-9(10)6-7-15-12/h2-8,13,17H,14H2,1H3. The van der Waals surface area contributed by atoms with Crippen molar-refractivity contribution in [2.75, 3.05) is 0 Å². The molecule has 3 rings (SSSR count). The molecule has 0 spiro atoms. The Morgan fingerprint density at radius 1 is 1.26 bits per heavy atom. The zero-order valence-corrected chi connectivity index (χ0v) is 10.5. The van der Waals surface area contributed by atoms with E-state index in [1.807, 2.05) is 31.3 Å². The Labute approximate surface area is 110 Å². The lowest BCUT2D eigenvalue weighted by atomic mass is 10.0. The second-order valence-electron chi connectivity index (χ2n) is 4.30. The van der Waals surface area contributed by atoms with Crippen LogP contribution in [-0.4, -0.2) is 20.0 Å². The van der Waals surface area contributed by atoms with E-state index in [1.165, 1.54) is 0 Å². The molecule has 1 atom stereocenters. The van der Waals surface area contributed by atoms with Crippen molar-refractivity contribution in [1.82, 2.24) is 25.4 Å². The highest BCUT2D eigenvalue weighted by Gasteiger charge is 2.20. The molecule has 2 aromatic heterocycles. The third-order valence-corrected chi connectivity index (χ3v) is 3.19. The van der Waals surface area contributed by atoms with E-state index in [-0.39, 0.29) is 6.04 Å². The average molecular weight is 254 g/mol. The van der Waals surface area contributed by atoms with E-state index in [4.69, 9.17) is 5.84 Å². The summed E-state index contributed by atoms with van der Waals surface area (Å²) in [4.78, 5) is 4.46. The van der Waals surface area contributed by atoms with Crippen LogP contribution in [0.4, 0.5) is 0 Å². The molecular formula is C13H14N6. The van der Waals surface area contributed by atoms with Gasteiger partial charge in [0.15, 0.2) is 0 Å². The fraction of sp³-hybridized carbons (Fsp3) is 0.154. The van der Waals surface area contributed by atoms with Gasteiger partial charge in [-0.2, -0.15) is 0 Å². The number of hydrogen-bond acceptors (Lipinski definition) is 5. The molecule has 0 radical (unpaired) electrons. The number of aryl methyl sites for hydroxylation is 1. The van der Waals surface area contributed by atoms with Crippen molar-refractivity contribution in [3.63, 3.8) is 0 Å². The summed E-state index contributed by atoms with van der Waals surface area (Å²) in [5.74, 6) is 5.70. The second kappa shape index (κ2) is 4.75. The monoisotopic (exact) mass is 254 g/mol. The smallest absolute Gasteiger partial charge is 0.107 e. The molecule has 3 aromatic rings. The number of fused-ring (bicyclic) bond motifs is 1. The summed E-state index contributed by atoms with van der Waals surface area (Å²) >= 11 is 0. The molecular weight excluding hydrogens is 240 g/mol. The number of nitrogens with one attached hydrogen (secondary N) is 1. The molecule has 6 nitrogen and oxygen atoms in total. The molecule has 0 aliphatic carbocycles. The number of hydrazine groups is 1. The molecule has 1 unspecified atom stereocenters. The Bertz CT molecular complexity index is 700. The number of nitrogens with zero attached hydrogens (tertiary/aromatic N) is 4. The summed E-state index contributed by atoms with van der Waals surface area (Å²) < 4.78 is 1.69. The third kappa shape index (κ3) is 1.96. The van der Waals surface area contributed by atoms with Gasteiger partial charge < -0.3 is 0 Å². The largest absolute Gasteiger partial charge is 0.270 e. The third-order valence-electron chi connectivity index (χ3n) is 3.19. The maximum Gasteiger partial charge on any atom is 0.107 e. The summed E-state index contributed by atoms with van der Waals surface area (Å²) in [6.07, 6.45) is 3.47. The van der Waals surface area contributed by atoms with Gasteiger partial charge in [0.25, 0.3) is 0 Å². The van der Waals surface area contributed by atoms with E-state index in [0.717, 1.165) is 22.2 Å². The van der Waals surface area contributed by atoms with Crippen molar-refractivity contribution in [2.24, 2.45) is 12.9 Å². The number of nitrogens with two attached hydrogens (primary N) is 1. The van der Waals surface area contributed by atoms with Crippen molar-refractivity contribution >= 4 is 10.8 Å². The number of pyridine rings is 1. The predicted octanol–water partition coefficient (Wildman–Crippen LogP) is 0.916. The number of rotatable bonds is 3. The first-order valence-electron chi connectivity index (χ1n) is 5.95. The van der Waals surface area contributed by atoms with Crippen LogP contribution >= 0.6 is 0 Å². The van der Waals surface area contributed by atoms with Crippen molar-refractivity contribution < 1.29 is 0 Å². The summed E-state index contributed by atoms with van der Waals surface area (Å²) in [7, 11) is 1.83. The second-order valence-corrected chi connectivity index (χ2v) is 4.30. The molecule has 1 aromatic carbocycles. The molecule has 2 heterocycles. The van der Waals surface area contributed by atoms with Crippen molar-refractivity contribution in [2.45, 2.75) is 6.04 Å². The van der Waals surface area contributed by atoms with Crippen LogP contribution in [0.15, 0.2) is 42.7 Å². The molecule has 0 saturated heterocycles. The van der Waals surface area contributed by atoms with Crippen LogP contribution in [0.1, 0.15) is 17.4 Å². The topological polar surface area (TPSA) is 81.7 Å². The zero-order chi connectivity index (χ0) is 13.2. The van der Waals surface area contributed by atoms with Crippen LogP contribution in [-0.2, 0) is 7.05 Å². The van der Waals surface area contributed by atoms with Gasteiger partial charge in [-0.25, -0.2) is 5.43 Å². The van der Waals surface area contributed by atoms with Crippen LogP contribution in [0, 0.1) is 0 Å². The first kappa shape index (κ1) is 11.8. The van der Waals surface area contributed by atoms with Gasteiger partial charge in [-0.05, 0) is 11.5 Å². The minimum atomic E-state index is -0.244. The predicted molar refractivity (Wildman–Crippen MR) is 71.9 cm³/mol. The van der Waals surface area contributed by atoms with E-state index in [9.17, 15) is 0 Å². The van der Waals surface area contributed by atoms with Gasteiger partial charge in [0.05, 0.1) is 17.6 Å². The van der Waals surface area contributed by atoms with E-state index in [0.29, 0.717) is 0 Å². The Hall–Kier alpha value is -2.31. The minimum Gasteiger partial charge on any atom is -0.270 e. The van der Waals surface area contributed by atoms with Gasteiger partial charge in [-0.3, -0.25) is 15.5 Å². The Balaban J connectivity index is 2.20. The van der Waals surface area contributed by atoms with Crippen LogP contribution < -0.4 is 11.3 Å². The highest BCUT2D eigenvalue weighted by molar-refractivity contribution is 5.84. The molecule has 6 heteroatoms. The van der Waals surface area contributed by atoms with Gasteiger partial charge >= 0.3 is 0 Å². The Morgan fingerprint density at radius 2 is 2.11 bits per heavy atom. The normalized spacial score (nSPS) is 12.7. The number of benzene rings is 1. The molecule has 3 N–H and O–H groups in total. The lowest BCUT2D eigenvalue weighted by Gasteiger charge is -2.16. The van der Waals surface area contributed by atoms with Gasteiger partial charge in [-0.1, -0.05) is 29.5 Å². The van der Waals surface area contributed by atoms with E-state index < -0.39 is 0 Å². The molecule has 0 saturated carbocycles. The SMILES string of the molecule is Cn1nncc1C(NN)c1nccc2ccccc12. The van der Waals surface area contributed by atoms with Crippen molar-refractivity contribution in [1.29, 1.82) is 0 Å². The molecule has 96 valence electrons. The summed E-state index contributed by atoms with van der Waals surface area (Å²) in [5, 5.41) is 10.0. The number of aromatic nitrogens is 4. The van der Waals surface area contributed by atoms with Crippen LogP contribution in [0.5, 0.6) is 0 Å². The molecule has 0 fully saturated rings. The lowest BCUT2D eigenvalue weighted by Crippen LogP contribution is -2.31. The fourth-order valence-electron chi connectivity index (χ4n) is 2.24. The highest BCUT2D eigenvalue weighted by Crippen LogP contribution is 2.25. The minimum absolute atomic E-state index is 0.244. The first-order chi connectivity index (χ1) is 9.31. The molecule has 0 bridgehead atoms. The average Bonchev–Trinajstić information content (AvgIpc) is 2.86. The number of hydrogen-bond donors (Lipinski definition) is 2. The molecule has 0 aliphatic rings. The van der Waals surface area contributed by atoms with Crippen molar-refractivity contribution in [3.05, 3.63) is 54.1 Å². The lowest BCUT2D eigenvalue weighted by molar-refractivity contribution is 0.563. The summed E-state index contributed by atoms with van der Waals surface area (Å²) in [6.45, 7) is 0. The quantitative estimate of drug-likeness (QED) is 0.536. The molecule has 19 heavy (non-hydrogen) atoms. The van der Waals surface area contributed by atoms with Gasteiger partial charge in [0.1, 0.15) is 6.04 Å². The van der Waals surface area contributed by atoms with Crippen LogP contribution in [0.2, 0.25) is 0 Å².